The van der Waals surface area contributed by atoms with E-state index in [9.17, 15) is 14.0 Å². The first-order valence-electron chi connectivity index (χ1n) is 4.45. The molecule has 17 heavy (non-hydrogen) atoms. The third-order valence-electron chi connectivity index (χ3n) is 1.80. The molecular formula is C8H10FN3O4S. The van der Waals surface area contributed by atoms with Crippen molar-refractivity contribution in [3.8, 4) is 0 Å². The Balaban J connectivity index is 3.08. The molecule has 0 aliphatic rings. The van der Waals surface area contributed by atoms with E-state index in [0.717, 1.165) is 10.8 Å². The van der Waals surface area contributed by atoms with Crippen LogP contribution in [0.4, 0.5) is 10.2 Å². The maximum atomic E-state index is 13.1. The third kappa shape index (κ3) is 3.17. The molecule has 9 heteroatoms. The van der Waals surface area contributed by atoms with Crippen molar-refractivity contribution in [3.05, 3.63) is 22.5 Å². The number of rotatable bonds is 4. The average Bonchev–Trinajstić information content (AvgIpc) is 2.30. The number of nitrogens with two attached hydrogens (primary N) is 1. The van der Waals surface area contributed by atoms with Gasteiger partial charge < -0.3 is 15.6 Å². The Morgan fingerprint density at radius 3 is 2.94 bits per heavy atom. The molecule has 0 fully saturated rings. The Bertz CT molecular complexity index is 478. The van der Waals surface area contributed by atoms with E-state index in [2.05, 4.69) is 22.3 Å². The fourth-order valence-electron chi connectivity index (χ4n) is 1.03. The molecule has 0 bridgehead atoms. The second-order valence-electron chi connectivity index (χ2n) is 2.95. The van der Waals surface area contributed by atoms with Gasteiger partial charge in [0, 0.05) is 5.75 Å². The quantitative estimate of drug-likeness (QED) is 0.471. The van der Waals surface area contributed by atoms with Gasteiger partial charge in [0.1, 0.15) is 6.61 Å². The van der Waals surface area contributed by atoms with Gasteiger partial charge in [0.2, 0.25) is 0 Å². The first-order chi connectivity index (χ1) is 7.99. The number of anilines is 1. The van der Waals surface area contributed by atoms with Crippen LogP contribution in [0.15, 0.2) is 11.0 Å². The predicted molar refractivity (Wildman–Crippen MR) is 58.9 cm³/mol. The zero-order chi connectivity index (χ0) is 13.0. The first-order valence-corrected chi connectivity index (χ1v) is 5.08. The van der Waals surface area contributed by atoms with Gasteiger partial charge in [0.25, 0.3) is 0 Å². The Labute approximate surface area is 100 Å². The lowest BCUT2D eigenvalue weighted by molar-refractivity contribution is -0.155. The average molecular weight is 263 g/mol. The lowest BCUT2D eigenvalue weighted by atomic mass is 10.5. The summed E-state index contributed by atoms with van der Waals surface area (Å²) in [7, 11) is 0. The second kappa shape index (κ2) is 5.64. The Morgan fingerprint density at radius 2 is 2.41 bits per heavy atom. The van der Waals surface area contributed by atoms with Gasteiger partial charge in [0.05, 0.1) is 6.20 Å². The number of nitrogens with zero attached hydrogens (tertiary/aromatic N) is 2. The molecule has 1 rings (SSSR count). The van der Waals surface area contributed by atoms with Crippen molar-refractivity contribution in [1.82, 2.24) is 9.55 Å². The molecule has 7 nitrogen and oxygen atoms in total. The Kier molecular flexibility index (Phi) is 4.46. The van der Waals surface area contributed by atoms with Crippen LogP contribution in [0.1, 0.15) is 6.23 Å². The number of aliphatic hydroxyl groups excluding tert-OH is 1. The number of halogens is 1. The molecular weight excluding hydrogens is 253 g/mol. The molecule has 1 aromatic heterocycles. The van der Waals surface area contributed by atoms with Crippen LogP contribution in [0.5, 0.6) is 0 Å². The molecule has 1 aromatic rings. The molecule has 0 saturated heterocycles. The number of carbonyl (C=O) groups is 1. The highest BCUT2D eigenvalue weighted by atomic mass is 32.1. The second-order valence-corrected chi connectivity index (χ2v) is 3.31. The summed E-state index contributed by atoms with van der Waals surface area (Å²) in [5.74, 6) is -2.52. The van der Waals surface area contributed by atoms with Gasteiger partial charge in [-0.15, -0.1) is 0 Å². The van der Waals surface area contributed by atoms with E-state index in [4.69, 9.17) is 10.8 Å². The summed E-state index contributed by atoms with van der Waals surface area (Å²) in [5, 5.41) is 8.50. The van der Waals surface area contributed by atoms with Crippen LogP contribution < -0.4 is 11.4 Å². The van der Waals surface area contributed by atoms with E-state index in [-0.39, 0.29) is 5.75 Å². The van der Waals surface area contributed by atoms with Crippen LogP contribution in [0, 0.1) is 5.82 Å². The van der Waals surface area contributed by atoms with E-state index < -0.39 is 36.1 Å². The minimum atomic E-state index is -1.16. The maximum absolute atomic E-state index is 13.1. The summed E-state index contributed by atoms with van der Waals surface area (Å²) in [6.45, 7) is -0.857. The van der Waals surface area contributed by atoms with Crippen molar-refractivity contribution >= 4 is 24.4 Å². The summed E-state index contributed by atoms with van der Waals surface area (Å²) in [6.07, 6.45) is -0.399. The summed E-state index contributed by atoms with van der Waals surface area (Å²) >= 11 is 3.85. The highest BCUT2D eigenvalue weighted by molar-refractivity contribution is 7.80. The first kappa shape index (κ1) is 13.5. The number of aromatic nitrogens is 2. The van der Waals surface area contributed by atoms with Crippen LogP contribution >= 0.6 is 12.6 Å². The number of aliphatic hydroxyl groups is 1. The highest BCUT2D eigenvalue weighted by Crippen LogP contribution is 2.10. The molecule has 1 atom stereocenters. The summed E-state index contributed by atoms with van der Waals surface area (Å²) in [4.78, 5) is 25.4. The Hall–Kier alpha value is -1.61. The van der Waals surface area contributed by atoms with Gasteiger partial charge in [-0.25, -0.2) is 14.0 Å². The van der Waals surface area contributed by atoms with E-state index >= 15 is 0 Å². The van der Waals surface area contributed by atoms with E-state index in [1.54, 1.807) is 0 Å². The van der Waals surface area contributed by atoms with Gasteiger partial charge in [-0.3, -0.25) is 4.57 Å². The third-order valence-corrected chi connectivity index (χ3v) is 2.11. The number of hydrogen-bond donors (Lipinski definition) is 3. The standard InChI is InChI=1S/C8H10FN3O4S/c9-4-1-12(8(15)11-7(4)10)5(3-17)16-6(14)2-13/h1,5,13,17H,2-3H2,(H2,10,11,15)/t5-/m0/s1. The molecule has 0 aliphatic heterocycles. The highest BCUT2D eigenvalue weighted by Gasteiger charge is 2.17. The summed E-state index contributed by atoms with van der Waals surface area (Å²) < 4.78 is 18.5. The molecule has 0 aromatic carbocycles. The lowest BCUT2D eigenvalue weighted by Crippen LogP contribution is -2.32. The van der Waals surface area contributed by atoms with Gasteiger partial charge in [-0.2, -0.15) is 17.6 Å². The van der Waals surface area contributed by atoms with Crippen LogP contribution in [0.3, 0.4) is 0 Å². The van der Waals surface area contributed by atoms with Gasteiger partial charge >= 0.3 is 11.7 Å². The Morgan fingerprint density at radius 1 is 1.76 bits per heavy atom. The fraction of sp³-hybridized carbons (Fsp3) is 0.375. The van der Waals surface area contributed by atoms with Crippen molar-refractivity contribution in [2.24, 2.45) is 0 Å². The number of ether oxygens (including phenoxy) is 1. The zero-order valence-corrected chi connectivity index (χ0v) is 9.43. The zero-order valence-electron chi connectivity index (χ0n) is 8.54. The van der Waals surface area contributed by atoms with Crippen LogP contribution in [0.2, 0.25) is 0 Å². The molecule has 1 heterocycles. The smallest absolute Gasteiger partial charge is 0.352 e. The van der Waals surface area contributed by atoms with E-state index in [1.165, 1.54) is 0 Å². The number of thiol groups is 1. The molecule has 94 valence electrons. The largest absolute Gasteiger partial charge is 0.438 e. The van der Waals surface area contributed by atoms with Crippen LogP contribution in [0.25, 0.3) is 0 Å². The SMILES string of the molecule is Nc1nc(=O)n([C@H](CS)OC(=O)CO)cc1F. The maximum Gasteiger partial charge on any atom is 0.352 e. The van der Waals surface area contributed by atoms with Crippen molar-refractivity contribution in [2.45, 2.75) is 6.23 Å². The monoisotopic (exact) mass is 263 g/mol. The number of nitrogen functional groups attached to an aromatic ring is 1. The molecule has 0 amide bonds. The number of esters is 1. The van der Waals surface area contributed by atoms with Crippen molar-refractivity contribution in [3.63, 3.8) is 0 Å². The predicted octanol–water partition coefficient (Wildman–Crippen LogP) is -1.07. The minimum Gasteiger partial charge on any atom is -0.438 e. The van der Waals surface area contributed by atoms with Crippen molar-refractivity contribution in [1.29, 1.82) is 0 Å². The number of hydrogen-bond acceptors (Lipinski definition) is 7. The van der Waals surface area contributed by atoms with E-state index in [0.29, 0.717) is 0 Å². The van der Waals surface area contributed by atoms with Gasteiger partial charge in [-0.1, -0.05) is 0 Å². The minimum absolute atomic E-state index is 0.0866. The molecule has 0 radical (unpaired) electrons. The molecule has 3 N–H and O–H groups in total. The summed E-state index contributed by atoms with van der Waals surface area (Å²) in [6, 6.07) is 0. The lowest BCUT2D eigenvalue weighted by Gasteiger charge is -2.17. The van der Waals surface area contributed by atoms with E-state index in [1.807, 2.05) is 0 Å². The number of carbonyl (C=O) groups excluding carboxylic acids is 1. The van der Waals surface area contributed by atoms with Crippen molar-refractivity contribution < 1.29 is 19.0 Å². The fourth-order valence-corrected chi connectivity index (χ4v) is 1.29. The van der Waals surface area contributed by atoms with Gasteiger partial charge in [-0.05, 0) is 0 Å². The van der Waals surface area contributed by atoms with Crippen molar-refractivity contribution in [2.75, 3.05) is 18.1 Å². The molecule has 0 aliphatic carbocycles. The normalized spacial score (nSPS) is 12.2. The van der Waals surface area contributed by atoms with Gasteiger partial charge in [0.15, 0.2) is 17.9 Å². The molecule has 0 spiro atoms. The summed E-state index contributed by atoms with van der Waals surface area (Å²) in [5.41, 5.74) is 4.21. The van der Waals surface area contributed by atoms with Crippen LogP contribution in [-0.2, 0) is 9.53 Å². The molecule has 0 unspecified atom stereocenters. The molecule has 0 saturated carbocycles. The van der Waals surface area contributed by atoms with Crippen LogP contribution in [-0.4, -0.2) is 33.0 Å². The topological polar surface area (TPSA) is 107 Å².